The lowest BCUT2D eigenvalue weighted by atomic mass is 9.98. The van der Waals surface area contributed by atoms with Crippen LogP contribution in [-0.4, -0.2) is 11.5 Å². The van der Waals surface area contributed by atoms with Gasteiger partial charge in [0.15, 0.2) is 0 Å². The van der Waals surface area contributed by atoms with Gasteiger partial charge < -0.3 is 5.32 Å². The van der Waals surface area contributed by atoms with Gasteiger partial charge in [-0.3, -0.25) is 0 Å². The van der Waals surface area contributed by atoms with Gasteiger partial charge in [-0.15, -0.1) is 0 Å². The Morgan fingerprint density at radius 3 is 3.23 bits per heavy atom. The molecule has 1 N–H and O–H groups in total. The summed E-state index contributed by atoms with van der Waals surface area (Å²) in [4.78, 5) is 4.29. The van der Waals surface area contributed by atoms with Crippen molar-refractivity contribution in [3.63, 3.8) is 0 Å². The summed E-state index contributed by atoms with van der Waals surface area (Å²) < 4.78 is 0. The monoisotopic (exact) mass is 173 g/mol. The van der Waals surface area contributed by atoms with E-state index in [2.05, 4.69) is 23.3 Å². The predicted molar refractivity (Wildman–Crippen MR) is 50.5 cm³/mol. The van der Waals surface area contributed by atoms with E-state index in [4.69, 9.17) is 5.26 Å². The van der Waals surface area contributed by atoms with Crippen LogP contribution in [0.25, 0.3) is 0 Å². The highest BCUT2D eigenvalue weighted by molar-refractivity contribution is 5.52. The Labute approximate surface area is 77.4 Å². The van der Waals surface area contributed by atoms with Crippen molar-refractivity contribution >= 4 is 5.69 Å². The SMILES string of the molecule is CC1CCNc2ccc(C#N)nc21. The average Bonchev–Trinajstić information content (AvgIpc) is 2.18. The Hall–Kier alpha value is -1.56. The number of aromatic nitrogens is 1. The minimum absolute atomic E-state index is 0.463. The van der Waals surface area contributed by atoms with Gasteiger partial charge >= 0.3 is 0 Å². The molecule has 0 amide bonds. The van der Waals surface area contributed by atoms with Crippen LogP contribution < -0.4 is 5.32 Å². The maximum absolute atomic E-state index is 8.69. The lowest BCUT2D eigenvalue weighted by Crippen LogP contribution is -2.16. The maximum atomic E-state index is 8.69. The zero-order chi connectivity index (χ0) is 9.26. The normalized spacial score (nSPS) is 19.8. The molecule has 3 heteroatoms. The molecule has 0 spiro atoms. The van der Waals surface area contributed by atoms with Crippen molar-refractivity contribution in [3.05, 3.63) is 23.5 Å². The van der Waals surface area contributed by atoms with E-state index in [1.807, 2.05) is 6.07 Å². The Morgan fingerprint density at radius 1 is 1.62 bits per heavy atom. The fourth-order valence-corrected chi connectivity index (χ4v) is 1.62. The first kappa shape index (κ1) is 8.06. The van der Waals surface area contributed by atoms with Crippen molar-refractivity contribution < 1.29 is 0 Å². The van der Waals surface area contributed by atoms with E-state index < -0.39 is 0 Å². The second-order valence-electron chi connectivity index (χ2n) is 3.36. The molecular formula is C10H11N3. The van der Waals surface area contributed by atoms with Crippen LogP contribution in [0.4, 0.5) is 5.69 Å². The maximum Gasteiger partial charge on any atom is 0.140 e. The lowest BCUT2D eigenvalue weighted by molar-refractivity contribution is 0.660. The smallest absolute Gasteiger partial charge is 0.140 e. The molecule has 1 aromatic rings. The molecule has 0 radical (unpaired) electrons. The fourth-order valence-electron chi connectivity index (χ4n) is 1.62. The molecule has 1 aromatic heterocycles. The Bertz CT molecular complexity index is 365. The lowest BCUT2D eigenvalue weighted by Gasteiger charge is -2.22. The van der Waals surface area contributed by atoms with Gasteiger partial charge in [-0.1, -0.05) is 6.92 Å². The number of anilines is 1. The standard InChI is InChI=1S/C10H11N3/c1-7-4-5-12-9-3-2-8(6-11)13-10(7)9/h2-3,7,12H,4-5H2,1H3. The molecule has 13 heavy (non-hydrogen) atoms. The number of hydrogen-bond donors (Lipinski definition) is 1. The van der Waals surface area contributed by atoms with E-state index >= 15 is 0 Å². The molecule has 0 fully saturated rings. The van der Waals surface area contributed by atoms with Gasteiger partial charge in [-0.05, 0) is 18.6 Å². The van der Waals surface area contributed by atoms with Crippen LogP contribution in [0.15, 0.2) is 12.1 Å². The van der Waals surface area contributed by atoms with E-state index in [1.54, 1.807) is 6.07 Å². The highest BCUT2D eigenvalue weighted by Gasteiger charge is 2.17. The zero-order valence-corrected chi connectivity index (χ0v) is 7.54. The molecule has 2 heterocycles. The van der Waals surface area contributed by atoms with Gasteiger partial charge in [0.25, 0.3) is 0 Å². The molecule has 0 aliphatic carbocycles. The third kappa shape index (κ3) is 1.35. The molecule has 1 aliphatic heterocycles. The second kappa shape index (κ2) is 3.06. The van der Waals surface area contributed by atoms with Crippen LogP contribution in [0.5, 0.6) is 0 Å². The van der Waals surface area contributed by atoms with E-state index in [-0.39, 0.29) is 0 Å². The number of fused-ring (bicyclic) bond motifs is 1. The summed E-state index contributed by atoms with van der Waals surface area (Å²) in [6.07, 6.45) is 1.09. The second-order valence-corrected chi connectivity index (χ2v) is 3.36. The number of rotatable bonds is 0. The summed E-state index contributed by atoms with van der Waals surface area (Å²) >= 11 is 0. The van der Waals surface area contributed by atoms with E-state index in [0.29, 0.717) is 11.6 Å². The van der Waals surface area contributed by atoms with E-state index in [1.165, 1.54) is 0 Å². The third-order valence-corrected chi connectivity index (χ3v) is 2.40. The molecule has 0 saturated heterocycles. The summed E-state index contributed by atoms with van der Waals surface area (Å²) in [5.74, 6) is 0.463. The first-order valence-electron chi connectivity index (χ1n) is 4.46. The molecule has 0 aromatic carbocycles. The van der Waals surface area contributed by atoms with Crippen LogP contribution in [-0.2, 0) is 0 Å². The van der Waals surface area contributed by atoms with Crippen molar-refractivity contribution in [2.24, 2.45) is 0 Å². The third-order valence-electron chi connectivity index (χ3n) is 2.40. The van der Waals surface area contributed by atoms with Gasteiger partial charge in [-0.2, -0.15) is 5.26 Å². The number of hydrogen-bond acceptors (Lipinski definition) is 3. The molecule has 2 rings (SSSR count). The Morgan fingerprint density at radius 2 is 2.46 bits per heavy atom. The molecule has 1 atom stereocenters. The summed E-state index contributed by atoms with van der Waals surface area (Å²) in [6.45, 7) is 3.15. The van der Waals surface area contributed by atoms with Crippen LogP contribution >= 0.6 is 0 Å². The Kier molecular flexibility index (Phi) is 1.90. The molecule has 0 bridgehead atoms. The molecule has 3 nitrogen and oxygen atoms in total. The molecule has 0 saturated carbocycles. The van der Waals surface area contributed by atoms with Gasteiger partial charge in [0.05, 0.1) is 11.4 Å². The average molecular weight is 173 g/mol. The summed E-state index contributed by atoms with van der Waals surface area (Å²) in [5, 5.41) is 12.0. The van der Waals surface area contributed by atoms with Crippen LogP contribution in [0.3, 0.4) is 0 Å². The highest BCUT2D eigenvalue weighted by Crippen LogP contribution is 2.29. The van der Waals surface area contributed by atoms with Gasteiger partial charge in [0.1, 0.15) is 11.8 Å². The van der Waals surface area contributed by atoms with Crippen molar-refractivity contribution in [1.82, 2.24) is 4.98 Å². The van der Waals surface area contributed by atoms with Crippen molar-refractivity contribution in [1.29, 1.82) is 5.26 Å². The summed E-state index contributed by atoms with van der Waals surface area (Å²) in [6, 6.07) is 5.75. The predicted octanol–water partition coefficient (Wildman–Crippen LogP) is 1.87. The number of nitrogens with zero attached hydrogens (tertiary/aromatic N) is 2. The van der Waals surface area contributed by atoms with Gasteiger partial charge in [-0.25, -0.2) is 4.98 Å². The van der Waals surface area contributed by atoms with Crippen molar-refractivity contribution in [3.8, 4) is 6.07 Å². The van der Waals surface area contributed by atoms with Crippen LogP contribution in [0, 0.1) is 11.3 Å². The first-order valence-corrected chi connectivity index (χ1v) is 4.46. The van der Waals surface area contributed by atoms with E-state index in [9.17, 15) is 0 Å². The summed E-state index contributed by atoms with van der Waals surface area (Å²) in [5.41, 5.74) is 2.62. The Balaban J connectivity index is 2.48. The van der Waals surface area contributed by atoms with Crippen LogP contribution in [0.2, 0.25) is 0 Å². The van der Waals surface area contributed by atoms with Crippen molar-refractivity contribution in [2.45, 2.75) is 19.3 Å². The van der Waals surface area contributed by atoms with E-state index in [0.717, 1.165) is 24.3 Å². The van der Waals surface area contributed by atoms with Crippen molar-refractivity contribution in [2.75, 3.05) is 11.9 Å². The first-order chi connectivity index (χ1) is 6.31. The van der Waals surface area contributed by atoms with Gasteiger partial charge in [0.2, 0.25) is 0 Å². The highest BCUT2D eigenvalue weighted by atomic mass is 14.9. The minimum atomic E-state index is 0.463. The topological polar surface area (TPSA) is 48.7 Å². The molecule has 1 aliphatic rings. The largest absolute Gasteiger partial charge is 0.384 e. The zero-order valence-electron chi connectivity index (χ0n) is 7.54. The molecule has 66 valence electrons. The van der Waals surface area contributed by atoms with Gasteiger partial charge in [0, 0.05) is 12.5 Å². The molecular weight excluding hydrogens is 162 g/mol. The number of nitrogens with one attached hydrogen (secondary N) is 1. The number of nitriles is 1. The summed E-state index contributed by atoms with van der Waals surface area (Å²) in [7, 11) is 0. The quantitative estimate of drug-likeness (QED) is 0.651. The number of pyridine rings is 1. The van der Waals surface area contributed by atoms with Crippen LogP contribution in [0.1, 0.15) is 30.7 Å². The minimum Gasteiger partial charge on any atom is -0.384 e. The molecule has 1 unspecified atom stereocenters. The fraction of sp³-hybridized carbons (Fsp3) is 0.400.